The van der Waals surface area contributed by atoms with Crippen LogP contribution < -0.4 is 5.32 Å². The molecular weight excluding hydrogens is 270 g/mol. The summed E-state index contributed by atoms with van der Waals surface area (Å²) >= 11 is 0. The maximum atomic E-state index is 12.9. The van der Waals surface area contributed by atoms with Gasteiger partial charge in [-0.25, -0.2) is 0 Å². The molecule has 6 nitrogen and oxygen atoms in total. The Hall–Kier alpha value is -1.95. The van der Waals surface area contributed by atoms with Crippen molar-refractivity contribution in [1.29, 1.82) is 0 Å². The first-order valence-electron chi connectivity index (χ1n) is 7.37. The monoisotopic (exact) mass is 289 g/mol. The zero-order valence-corrected chi connectivity index (χ0v) is 12.0. The van der Waals surface area contributed by atoms with E-state index in [-0.39, 0.29) is 23.7 Å². The van der Waals surface area contributed by atoms with Crippen LogP contribution in [-0.4, -0.2) is 40.9 Å². The van der Waals surface area contributed by atoms with Crippen LogP contribution in [0.1, 0.15) is 35.2 Å². The second-order valence-corrected chi connectivity index (χ2v) is 5.80. The number of fused-ring (bicyclic) bond motifs is 2. The summed E-state index contributed by atoms with van der Waals surface area (Å²) in [4.78, 5) is 25.4. The lowest BCUT2D eigenvalue weighted by molar-refractivity contribution is -0.385. The molecule has 0 aromatic heterocycles. The van der Waals surface area contributed by atoms with Crippen molar-refractivity contribution in [3.8, 4) is 0 Å². The van der Waals surface area contributed by atoms with Crippen LogP contribution in [-0.2, 0) is 0 Å². The van der Waals surface area contributed by atoms with E-state index >= 15 is 0 Å². The lowest BCUT2D eigenvalue weighted by atomic mass is 10.0. The summed E-state index contributed by atoms with van der Waals surface area (Å²) in [6.45, 7) is 3.40. The molecule has 3 rings (SSSR count). The molecule has 2 bridgehead atoms. The molecule has 2 atom stereocenters. The Kier molecular flexibility index (Phi) is 3.63. The highest BCUT2D eigenvalue weighted by Crippen LogP contribution is 2.31. The minimum absolute atomic E-state index is 0.0149. The number of rotatable bonds is 2. The predicted octanol–water partition coefficient (Wildman–Crippen LogP) is 1.87. The second-order valence-electron chi connectivity index (χ2n) is 5.80. The van der Waals surface area contributed by atoms with Gasteiger partial charge in [-0.3, -0.25) is 14.9 Å². The molecule has 0 aliphatic carbocycles. The molecule has 1 aromatic carbocycles. The van der Waals surface area contributed by atoms with Gasteiger partial charge in [0.2, 0.25) is 0 Å². The van der Waals surface area contributed by atoms with E-state index in [9.17, 15) is 14.9 Å². The van der Waals surface area contributed by atoms with Gasteiger partial charge in [0.25, 0.3) is 11.6 Å². The highest BCUT2D eigenvalue weighted by atomic mass is 16.6. The number of amides is 1. The van der Waals surface area contributed by atoms with Gasteiger partial charge >= 0.3 is 0 Å². The van der Waals surface area contributed by atoms with Crippen LogP contribution in [0.3, 0.4) is 0 Å². The standard InChI is InChI=1S/C15H19N3O3/c1-10-13(3-2-4-14(10)18(20)21)15(19)17-11-5-6-12(17)9-16-8-7-11/h2-4,11-12,16H,5-9H2,1H3. The van der Waals surface area contributed by atoms with Crippen molar-refractivity contribution >= 4 is 11.6 Å². The van der Waals surface area contributed by atoms with Gasteiger partial charge in [-0.1, -0.05) is 6.07 Å². The summed E-state index contributed by atoms with van der Waals surface area (Å²) in [6.07, 6.45) is 3.00. The van der Waals surface area contributed by atoms with Gasteiger partial charge in [0.05, 0.1) is 4.92 Å². The van der Waals surface area contributed by atoms with Crippen molar-refractivity contribution in [3.63, 3.8) is 0 Å². The number of nitro benzene ring substituents is 1. The van der Waals surface area contributed by atoms with Crippen LogP contribution in [0.5, 0.6) is 0 Å². The Bertz CT molecular complexity index is 574. The summed E-state index contributed by atoms with van der Waals surface area (Å²) in [5.41, 5.74) is 0.938. The quantitative estimate of drug-likeness (QED) is 0.666. The van der Waals surface area contributed by atoms with Gasteiger partial charge in [-0.05, 0) is 38.8 Å². The van der Waals surface area contributed by atoms with E-state index in [1.54, 1.807) is 19.1 Å². The zero-order chi connectivity index (χ0) is 15.0. The molecule has 2 aliphatic rings. The van der Waals surface area contributed by atoms with Gasteiger partial charge in [0.1, 0.15) is 0 Å². The average Bonchev–Trinajstić information content (AvgIpc) is 2.71. The number of hydrogen-bond acceptors (Lipinski definition) is 4. The fourth-order valence-corrected chi connectivity index (χ4v) is 3.51. The third-order valence-corrected chi connectivity index (χ3v) is 4.62. The van der Waals surface area contributed by atoms with Crippen LogP contribution in [0.25, 0.3) is 0 Å². The van der Waals surface area contributed by atoms with Crippen LogP contribution in [0, 0.1) is 17.0 Å². The van der Waals surface area contributed by atoms with Crippen molar-refractivity contribution in [3.05, 3.63) is 39.4 Å². The number of nitro groups is 1. The van der Waals surface area contributed by atoms with E-state index in [0.717, 1.165) is 32.4 Å². The first-order chi connectivity index (χ1) is 10.1. The predicted molar refractivity (Wildman–Crippen MR) is 78.3 cm³/mol. The Morgan fingerprint density at radius 2 is 2.10 bits per heavy atom. The number of carbonyl (C=O) groups excluding carboxylic acids is 1. The number of benzene rings is 1. The van der Waals surface area contributed by atoms with Gasteiger partial charge in [-0.2, -0.15) is 0 Å². The maximum Gasteiger partial charge on any atom is 0.273 e. The summed E-state index contributed by atoms with van der Waals surface area (Å²) in [6, 6.07) is 5.21. The van der Waals surface area contributed by atoms with E-state index in [2.05, 4.69) is 5.32 Å². The number of nitrogens with one attached hydrogen (secondary N) is 1. The Morgan fingerprint density at radius 1 is 1.33 bits per heavy atom. The van der Waals surface area contributed by atoms with Gasteiger partial charge in [0, 0.05) is 35.8 Å². The van der Waals surface area contributed by atoms with E-state index in [0.29, 0.717) is 11.1 Å². The van der Waals surface area contributed by atoms with E-state index in [1.165, 1.54) is 6.07 Å². The topological polar surface area (TPSA) is 75.5 Å². The van der Waals surface area contributed by atoms with Gasteiger partial charge < -0.3 is 10.2 Å². The SMILES string of the molecule is Cc1c(C(=O)N2C3CCNCC2CC3)cccc1[N+](=O)[O-]. The first-order valence-corrected chi connectivity index (χ1v) is 7.37. The third kappa shape index (κ3) is 2.40. The minimum atomic E-state index is -0.426. The van der Waals surface area contributed by atoms with Gasteiger partial charge in [0.15, 0.2) is 0 Å². The van der Waals surface area contributed by atoms with Crippen molar-refractivity contribution in [2.45, 2.75) is 38.3 Å². The fraction of sp³-hybridized carbons (Fsp3) is 0.533. The van der Waals surface area contributed by atoms with Gasteiger partial charge in [-0.15, -0.1) is 0 Å². The summed E-state index contributed by atoms with van der Waals surface area (Å²) in [5.74, 6) is -0.0626. The highest BCUT2D eigenvalue weighted by molar-refractivity contribution is 5.97. The van der Waals surface area contributed by atoms with Crippen molar-refractivity contribution in [1.82, 2.24) is 10.2 Å². The number of hydrogen-bond donors (Lipinski definition) is 1. The molecular formula is C15H19N3O3. The normalized spacial score (nSPS) is 24.7. The minimum Gasteiger partial charge on any atom is -0.331 e. The molecule has 1 aromatic rings. The summed E-state index contributed by atoms with van der Waals surface area (Å²) in [5, 5.41) is 14.4. The van der Waals surface area contributed by atoms with Crippen molar-refractivity contribution in [2.75, 3.05) is 13.1 Å². The lowest BCUT2D eigenvalue weighted by Crippen LogP contribution is -2.42. The molecule has 112 valence electrons. The molecule has 21 heavy (non-hydrogen) atoms. The molecule has 2 saturated heterocycles. The Labute approximate surface area is 123 Å². The molecule has 0 spiro atoms. The van der Waals surface area contributed by atoms with E-state index < -0.39 is 4.92 Å². The van der Waals surface area contributed by atoms with E-state index in [1.807, 2.05) is 4.90 Å². The van der Waals surface area contributed by atoms with Crippen LogP contribution >= 0.6 is 0 Å². The molecule has 0 saturated carbocycles. The Balaban J connectivity index is 1.95. The number of nitrogens with zero attached hydrogens (tertiary/aromatic N) is 2. The summed E-state index contributed by atoms with van der Waals surface area (Å²) in [7, 11) is 0. The molecule has 0 radical (unpaired) electrons. The molecule has 2 aliphatic heterocycles. The van der Waals surface area contributed by atoms with Crippen molar-refractivity contribution in [2.24, 2.45) is 0 Å². The fourth-order valence-electron chi connectivity index (χ4n) is 3.51. The molecule has 2 fully saturated rings. The van der Waals surface area contributed by atoms with Crippen LogP contribution in [0.15, 0.2) is 18.2 Å². The van der Waals surface area contributed by atoms with Crippen LogP contribution in [0.2, 0.25) is 0 Å². The third-order valence-electron chi connectivity index (χ3n) is 4.62. The largest absolute Gasteiger partial charge is 0.331 e. The maximum absolute atomic E-state index is 12.9. The van der Waals surface area contributed by atoms with Crippen molar-refractivity contribution < 1.29 is 9.72 Å². The second kappa shape index (κ2) is 5.44. The molecule has 6 heteroatoms. The first kappa shape index (κ1) is 14.0. The lowest BCUT2D eigenvalue weighted by Gasteiger charge is -2.28. The highest BCUT2D eigenvalue weighted by Gasteiger charge is 2.39. The zero-order valence-electron chi connectivity index (χ0n) is 12.0. The molecule has 2 unspecified atom stereocenters. The van der Waals surface area contributed by atoms with E-state index in [4.69, 9.17) is 0 Å². The smallest absolute Gasteiger partial charge is 0.273 e. The number of carbonyl (C=O) groups is 1. The molecule has 1 N–H and O–H groups in total. The Morgan fingerprint density at radius 3 is 2.86 bits per heavy atom. The molecule has 2 heterocycles. The molecule has 1 amide bonds. The van der Waals surface area contributed by atoms with Crippen LogP contribution in [0.4, 0.5) is 5.69 Å². The average molecular weight is 289 g/mol. The summed E-state index contributed by atoms with van der Waals surface area (Å²) < 4.78 is 0.